The smallest absolute Gasteiger partial charge is 0.323 e. The lowest BCUT2D eigenvalue weighted by molar-refractivity contribution is -0.129. The number of amides is 3. The number of hydrogen-bond donors (Lipinski definition) is 2. The summed E-state index contributed by atoms with van der Waals surface area (Å²) in [6.07, 6.45) is 0.119. The van der Waals surface area contributed by atoms with Crippen LogP contribution in [0.25, 0.3) is 0 Å². The van der Waals surface area contributed by atoms with Crippen molar-refractivity contribution >= 4 is 17.8 Å². The predicted octanol–water partition coefficient (Wildman–Crippen LogP) is -0.518. The Labute approximate surface area is 100 Å². The first-order valence-electron chi connectivity index (χ1n) is 5.32. The van der Waals surface area contributed by atoms with E-state index in [2.05, 4.69) is 5.32 Å². The fourth-order valence-corrected chi connectivity index (χ4v) is 1.57. The molecule has 1 atom stereocenters. The molecule has 0 aromatic carbocycles. The topological polar surface area (TPSA) is 85.7 Å². The van der Waals surface area contributed by atoms with Gasteiger partial charge >= 0.3 is 6.03 Å². The van der Waals surface area contributed by atoms with Crippen molar-refractivity contribution < 1.29 is 14.3 Å². The minimum absolute atomic E-state index is 0.0707. The molecule has 2 N–H and O–H groups in total. The van der Waals surface area contributed by atoms with Crippen molar-refractivity contribution in [1.29, 1.82) is 5.41 Å². The van der Waals surface area contributed by atoms with Gasteiger partial charge in [-0.15, -0.1) is 0 Å². The molecule has 1 aliphatic heterocycles. The minimum Gasteiger partial charge on any atom is -0.383 e. The Kier molecular flexibility index (Phi) is 4.45. The molecular weight excluding hydrogens is 224 g/mol. The molecule has 0 aromatic rings. The maximum atomic E-state index is 11.6. The molecule has 1 fully saturated rings. The molecular formula is C10H18N4O3. The number of methoxy groups -OCH3 is 1. The predicted molar refractivity (Wildman–Crippen MR) is 61.9 cm³/mol. The quantitative estimate of drug-likeness (QED) is 0.680. The van der Waals surface area contributed by atoms with Crippen LogP contribution in [0.5, 0.6) is 0 Å². The number of urea groups is 1. The van der Waals surface area contributed by atoms with E-state index < -0.39 is 6.04 Å². The zero-order valence-corrected chi connectivity index (χ0v) is 10.3. The molecule has 0 spiro atoms. The Hall–Kier alpha value is -1.63. The lowest BCUT2D eigenvalue weighted by Gasteiger charge is -2.23. The highest BCUT2D eigenvalue weighted by atomic mass is 16.5. The van der Waals surface area contributed by atoms with Crippen molar-refractivity contribution in [2.24, 2.45) is 0 Å². The fourth-order valence-electron chi connectivity index (χ4n) is 1.57. The summed E-state index contributed by atoms with van der Waals surface area (Å²) in [5.74, 6) is -0.0417. The van der Waals surface area contributed by atoms with Crippen molar-refractivity contribution in [3.8, 4) is 0 Å². The van der Waals surface area contributed by atoms with E-state index in [1.54, 1.807) is 21.2 Å². The standard InChI is InChI=1S/C10H18N4O3/c1-13(2)8(15)6-7-9(11)12-10(16)14(7)4-5-17-3/h7H,4-6H2,1-3H3,(H2,11,12,16). The first-order valence-corrected chi connectivity index (χ1v) is 5.32. The normalized spacial score (nSPS) is 19.5. The second-order valence-electron chi connectivity index (χ2n) is 4.04. The highest BCUT2D eigenvalue weighted by molar-refractivity contribution is 6.07. The zero-order valence-electron chi connectivity index (χ0n) is 10.3. The van der Waals surface area contributed by atoms with Gasteiger partial charge in [0.05, 0.1) is 19.1 Å². The molecule has 1 heterocycles. The van der Waals surface area contributed by atoms with E-state index in [4.69, 9.17) is 10.1 Å². The molecule has 96 valence electrons. The maximum absolute atomic E-state index is 11.6. The number of carbonyl (C=O) groups is 2. The molecule has 0 saturated carbocycles. The summed E-state index contributed by atoms with van der Waals surface area (Å²) < 4.78 is 4.90. The van der Waals surface area contributed by atoms with Crippen molar-refractivity contribution in [3.63, 3.8) is 0 Å². The summed E-state index contributed by atoms with van der Waals surface area (Å²) in [5, 5.41) is 10.1. The molecule has 0 aromatic heterocycles. The van der Waals surface area contributed by atoms with Crippen LogP contribution in [0.3, 0.4) is 0 Å². The lowest BCUT2D eigenvalue weighted by atomic mass is 10.1. The molecule has 1 saturated heterocycles. The number of ether oxygens (including phenoxy) is 1. The van der Waals surface area contributed by atoms with Crippen LogP contribution in [-0.2, 0) is 9.53 Å². The first-order chi connectivity index (χ1) is 7.97. The molecule has 0 radical (unpaired) electrons. The van der Waals surface area contributed by atoms with Crippen molar-refractivity contribution in [2.45, 2.75) is 12.5 Å². The molecule has 17 heavy (non-hydrogen) atoms. The van der Waals surface area contributed by atoms with Crippen molar-refractivity contribution in [3.05, 3.63) is 0 Å². The molecule has 1 rings (SSSR count). The molecule has 0 bridgehead atoms. The molecule has 1 aliphatic rings. The van der Waals surface area contributed by atoms with Gasteiger partial charge in [-0.1, -0.05) is 0 Å². The summed E-state index contributed by atoms with van der Waals surface area (Å²) >= 11 is 0. The van der Waals surface area contributed by atoms with Gasteiger partial charge in [0.25, 0.3) is 0 Å². The third kappa shape index (κ3) is 3.16. The average molecular weight is 242 g/mol. The number of amidine groups is 1. The summed E-state index contributed by atoms with van der Waals surface area (Å²) in [5.41, 5.74) is 0. The van der Waals surface area contributed by atoms with Gasteiger partial charge in [0, 0.05) is 27.7 Å². The van der Waals surface area contributed by atoms with Crippen LogP contribution in [0.15, 0.2) is 0 Å². The van der Waals surface area contributed by atoms with Crippen LogP contribution in [0.4, 0.5) is 4.79 Å². The van der Waals surface area contributed by atoms with Gasteiger partial charge in [0.15, 0.2) is 0 Å². The van der Waals surface area contributed by atoms with Crippen LogP contribution in [0, 0.1) is 5.41 Å². The van der Waals surface area contributed by atoms with Crippen LogP contribution < -0.4 is 5.32 Å². The molecule has 7 nitrogen and oxygen atoms in total. The van der Waals surface area contributed by atoms with Gasteiger partial charge in [-0.05, 0) is 0 Å². The number of nitrogens with one attached hydrogen (secondary N) is 2. The van der Waals surface area contributed by atoms with Crippen LogP contribution in [0.2, 0.25) is 0 Å². The van der Waals surface area contributed by atoms with E-state index in [1.165, 1.54) is 9.80 Å². The third-order valence-corrected chi connectivity index (χ3v) is 2.61. The van der Waals surface area contributed by atoms with Gasteiger partial charge in [-0.3, -0.25) is 15.5 Å². The largest absolute Gasteiger partial charge is 0.383 e. The lowest BCUT2D eigenvalue weighted by Crippen LogP contribution is -2.40. The van der Waals surface area contributed by atoms with Crippen LogP contribution >= 0.6 is 0 Å². The fraction of sp³-hybridized carbons (Fsp3) is 0.700. The Balaban J connectivity index is 2.68. The van der Waals surface area contributed by atoms with Crippen molar-refractivity contribution in [1.82, 2.24) is 15.1 Å². The summed E-state index contributed by atoms with van der Waals surface area (Å²) in [6.45, 7) is 0.753. The maximum Gasteiger partial charge on any atom is 0.323 e. The second-order valence-corrected chi connectivity index (χ2v) is 4.04. The highest BCUT2D eigenvalue weighted by Crippen LogP contribution is 2.13. The van der Waals surface area contributed by atoms with Gasteiger partial charge in [0.2, 0.25) is 5.91 Å². The number of carbonyl (C=O) groups excluding carboxylic acids is 2. The van der Waals surface area contributed by atoms with E-state index in [9.17, 15) is 9.59 Å². The second kappa shape index (κ2) is 5.62. The first kappa shape index (κ1) is 13.4. The summed E-state index contributed by atoms with van der Waals surface area (Å²) in [6, 6.07) is -0.851. The zero-order chi connectivity index (χ0) is 13.0. The third-order valence-electron chi connectivity index (χ3n) is 2.61. The number of nitrogens with zero attached hydrogens (tertiary/aromatic N) is 2. The van der Waals surface area contributed by atoms with E-state index in [0.29, 0.717) is 13.2 Å². The van der Waals surface area contributed by atoms with Crippen LogP contribution in [-0.4, -0.2) is 68.0 Å². The molecule has 3 amide bonds. The summed E-state index contributed by atoms with van der Waals surface area (Å²) in [4.78, 5) is 26.0. The molecule has 7 heteroatoms. The Morgan fingerprint density at radius 1 is 1.59 bits per heavy atom. The Morgan fingerprint density at radius 2 is 2.24 bits per heavy atom. The number of rotatable bonds is 5. The van der Waals surface area contributed by atoms with Gasteiger partial charge in [0.1, 0.15) is 5.84 Å². The monoisotopic (exact) mass is 242 g/mol. The van der Waals surface area contributed by atoms with Crippen molar-refractivity contribution in [2.75, 3.05) is 34.4 Å². The van der Waals surface area contributed by atoms with Crippen LogP contribution in [0.1, 0.15) is 6.42 Å². The highest BCUT2D eigenvalue weighted by Gasteiger charge is 2.36. The van der Waals surface area contributed by atoms with Gasteiger partial charge < -0.3 is 14.5 Å². The Morgan fingerprint density at radius 3 is 2.76 bits per heavy atom. The van der Waals surface area contributed by atoms with E-state index >= 15 is 0 Å². The van der Waals surface area contributed by atoms with Gasteiger partial charge in [-0.25, -0.2) is 4.79 Å². The van der Waals surface area contributed by atoms with E-state index in [0.717, 1.165) is 0 Å². The number of hydrogen-bond acceptors (Lipinski definition) is 4. The Bertz CT molecular complexity index is 330. The average Bonchev–Trinajstić information content (AvgIpc) is 2.51. The van der Waals surface area contributed by atoms with Gasteiger partial charge in [-0.2, -0.15) is 0 Å². The molecule has 0 aliphatic carbocycles. The SMILES string of the molecule is COCCN1C(=O)NC(=N)C1CC(=O)N(C)C. The summed E-state index contributed by atoms with van der Waals surface area (Å²) in [7, 11) is 4.84. The molecule has 1 unspecified atom stereocenters. The van der Waals surface area contributed by atoms with E-state index in [1.807, 2.05) is 0 Å². The minimum atomic E-state index is -0.507. The van der Waals surface area contributed by atoms with E-state index in [-0.39, 0.29) is 24.2 Å².